The highest BCUT2D eigenvalue weighted by Crippen LogP contribution is 2.33. The van der Waals surface area contributed by atoms with Crippen LogP contribution in [-0.4, -0.2) is 68.9 Å². The van der Waals surface area contributed by atoms with Gasteiger partial charge < -0.3 is 25.0 Å². The second-order valence-electron chi connectivity index (χ2n) is 6.73. The molecule has 140 valence electrons. The Morgan fingerprint density at radius 3 is 2.44 bits per heavy atom. The summed E-state index contributed by atoms with van der Waals surface area (Å²) in [6.07, 6.45) is 1.67. The van der Waals surface area contributed by atoms with Gasteiger partial charge in [-0.1, -0.05) is 12.1 Å². The Hall–Kier alpha value is -1.50. The highest BCUT2D eigenvalue weighted by molar-refractivity contribution is 5.85. The summed E-state index contributed by atoms with van der Waals surface area (Å²) in [5, 5.41) is 13.3. The van der Waals surface area contributed by atoms with Crippen molar-refractivity contribution in [3.05, 3.63) is 24.3 Å². The number of hydrogen-bond acceptors (Lipinski definition) is 5. The van der Waals surface area contributed by atoms with Crippen molar-refractivity contribution in [2.75, 3.05) is 57.9 Å². The van der Waals surface area contributed by atoms with Crippen LogP contribution in [0.2, 0.25) is 0 Å². The highest BCUT2D eigenvalue weighted by Gasteiger charge is 2.42. The molecule has 2 aliphatic rings. The third-order valence-corrected chi connectivity index (χ3v) is 5.22. The highest BCUT2D eigenvalue weighted by atomic mass is 35.5. The van der Waals surface area contributed by atoms with E-state index in [-0.39, 0.29) is 23.7 Å². The van der Waals surface area contributed by atoms with E-state index in [2.05, 4.69) is 10.2 Å². The van der Waals surface area contributed by atoms with E-state index in [1.807, 2.05) is 23.1 Å². The maximum atomic E-state index is 13.1. The first-order valence-corrected chi connectivity index (χ1v) is 8.68. The van der Waals surface area contributed by atoms with Gasteiger partial charge in [-0.15, -0.1) is 12.4 Å². The van der Waals surface area contributed by atoms with E-state index in [9.17, 15) is 9.90 Å². The van der Waals surface area contributed by atoms with Gasteiger partial charge in [0.05, 0.1) is 17.7 Å². The molecule has 0 aromatic heterocycles. The van der Waals surface area contributed by atoms with E-state index in [4.69, 9.17) is 4.74 Å². The van der Waals surface area contributed by atoms with Gasteiger partial charge in [0, 0.05) is 33.3 Å². The molecule has 2 aliphatic heterocycles. The van der Waals surface area contributed by atoms with Gasteiger partial charge >= 0.3 is 0 Å². The molecule has 3 rings (SSSR count). The lowest BCUT2D eigenvalue weighted by molar-refractivity contribution is -0.147. The van der Waals surface area contributed by atoms with Gasteiger partial charge in [-0.25, -0.2) is 0 Å². The van der Waals surface area contributed by atoms with Gasteiger partial charge in [0.25, 0.3) is 0 Å². The molecule has 2 heterocycles. The maximum absolute atomic E-state index is 13.1. The number of halogens is 1. The molecule has 6 nitrogen and oxygen atoms in total. The van der Waals surface area contributed by atoms with Gasteiger partial charge in [-0.3, -0.25) is 4.79 Å². The topological polar surface area (TPSA) is 65.0 Å². The van der Waals surface area contributed by atoms with Crippen molar-refractivity contribution in [1.82, 2.24) is 10.2 Å². The van der Waals surface area contributed by atoms with E-state index in [1.165, 1.54) is 0 Å². The van der Waals surface area contributed by atoms with E-state index < -0.39 is 0 Å². The number of piperazine rings is 1. The number of anilines is 1. The van der Waals surface area contributed by atoms with Crippen molar-refractivity contribution in [2.45, 2.75) is 12.8 Å². The second-order valence-corrected chi connectivity index (χ2v) is 6.73. The third kappa shape index (κ3) is 4.19. The first-order valence-electron chi connectivity index (χ1n) is 8.68. The summed E-state index contributed by atoms with van der Waals surface area (Å²) in [6.45, 7) is 5.08. The molecule has 0 radical (unpaired) electrons. The van der Waals surface area contributed by atoms with Crippen LogP contribution in [0.15, 0.2) is 24.3 Å². The summed E-state index contributed by atoms with van der Waals surface area (Å²) in [5.74, 6) is 0.522. The number of hydrogen-bond donors (Lipinski definition) is 2. The zero-order valence-corrected chi connectivity index (χ0v) is 15.6. The number of methoxy groups -OCH3 is 1. The zero-order valence-electron chi connectivity index (χ0n) is 14.7. The molecule has 2 fully saturated rings. The summed E-state index contributed by atoms with van der Waals surface area (Å²) in [5.41, 5.74) is 0.468. The fourth-order valence-electron chi connectivity index (χ4n) is 3.82. The fraction of sp³-hybridized carbons (Fsp3) is 0.611. The second kappa shape index (κ2) is 8.74. The number of aromatic hydroxyl groups is 1. The SMILES string of the molecule is COCC1(C(=O)N2CCN(c3ccccc3O)CC2)CCNCC1.Cl. The molecule has 1 aromatic rings. The largest absolute Gasteiger partial charge is 0.506 e. The Morgan fingerprint density at radius 2 is 1.84 bits per heavy atom. The quantitative estimate of drug-likeness (QED) is 0.841. The number of rotatable bonds is 4. The van der Waals surface area contributed by atoms with Crippen molar-refractivity contribution in [1.29, 1.82) is 0 Å². The summed E-state index contributed by atoms with van der Waals surface area (Å²) in [7, 11) is 1.67. The Balaban J connectivity index is 0.00000225. The lowest BCUT2D eigenvalue weighted by atomic mass is 9.78. The minimum Gasteiger partial charge on any atom is -0.506 e. The van der Waals surface area contributed by atoms with Crippen molar-refractivity contribution in [2.24, 2.45) is 5.41 Å². The number of ether oxygens (including phenoxy) is 1. The van der Waals surface area contributed by atoms with Crippen LogP contribution in [0.1, 0.15) is 12.8 Å². The minimum absolute atomic E-state index is 0. The van der Waals surface area contributed by atoms with E-state index in [1.54, 1.807) is 13.2 Å². The lowest BCUT2D eigenvalue weighted by Crippen LogP contribution is -2.56. The Labute approximate surface area is 155 Å². The van der Waals surface area contributed by atoms with Gasteiger partial charge in [-0.2, -0.15) is 0 Å². The number of phenolic OH excluding ortho intramolecular Hbond substituents is 1. The van der Waals surface area contributed by atoms with Crippen LogP contribution < -0.4 is 10.2 Å². The number of phenols is 1. The first kappa shape index (κ1) is 19.8. The van der Waals surface area contributed by atoms with Crippen molar-refractivity contribution in [3.8, 4) is 5.75 Å². The Morgan fingerprint density at radius 1 is 1.20 bits per heavy atom. The molecular weight excluding hydrogens is 342 g/mol. The number of para-hydroxylation sites is 2. The summed E-state index contributed by atoms with van der Waals surface area (Å²) in [4.78, 5) is 17.2. The van der Waals surface area contributed by atoms with Crippen LogP contribution in [0.25, 0.3) is 0 Å². The molecule has 2 N–H and O–H groups in total. The smallest absolute Gasteiger partial charge is 0.231 e. The molecule has 0 aliphatic carbocycles. The number of carbonyl (C=O) groups excluding carboxylic acids is 1. The van der Waals surface area contributed by atoms with Crippen LogP contribution in [0, 0.1) is 5.41 Å². The first-order chi connectivity index (χ1) is 11.7. The number of nitrogens with zero attached hydrogens (tertiary/aromatic N) is 2. The van der Waals surface area contributed by atoms with Gasteiger partial charge in [0.1, 0.15) is 5.75 Å². The molecule has 1 amide bonds. The van der Waals surface area contributed by atoms with E-state index in [0.29, 0.717) is 25.4 Å². The van der Waals surface area contributed by atoms with Crippen molar-refractivity contribution >= 4 is 24.0 Å². The number of amides is 1. The molecule has 7 heteroatoms. The van der Waals surface area contributed by atoms with E-state index in [0.717, 1.165) is 44.7 Å². The van der Waals surface area contributed by atoms with Gasteiger partial charge in [0.15, 0.2) is 0 Å². The van der Waals surface area contributed by atoms with Crippen molar-refractivity contribution in [3.63, 3.8) is 0 Å². The molecule has 25 heavy (non-hydrogen) atoms. The molecule has 0 unspecified atom stereocenters. The molecule has 0 spiro atoms. The van der Waals surface area contributed by atoms with Crippen LogP contribution in [0.4, 0.5) is 5.69 Å². The normalized spacial score (nSPS) is 20.0. The standard InChI is InChI=1S/C18H27N3O3.ClH/c1-24-14-18(6-8-19-9-7-18)17(23)21-12-10-20(11-13-21)15-4-2-3-5-16(15)22;/h2-5,19,22H,6-14H2,1H3;1H. The van der Waals surface area contributed by atoms with Crippen molar-refractivity contribution < 1.29 is 14.6 Å². The van der Waals surface area contributed by atoms with E-state index >= 15 is 0 Å². The summed E-state index contributed by atoms with van der Waals surface area (Å²) >= 11 is 0. The van der Waals surface area contributed by atoms with Gasteiger partial charge in [-0.05, 0) is 38.1 Å². The maximum Gasteiger partial charge on any atom is 0.231 e. The minimum atomic E-state index is -0.378. The number of carbonyl (C=O) groups is 1. The van der Waals surface area contributed by atoms with Gasteiger partial charge in [0.2, 0.25) is 5.91 Å². The molecule has 2 saturated heterocycles. The average Bonchev–Trinajstić information content (AvgIpc) is 2.63. The number of piperidine rings is 1. The monoisotopic (exact) mass is 369 g/mol. The third-order valence-electron chi connectivity index (χ3n) is 5.22. The van der Waals surface area contributed by atoms with Crippen LogP contribution in [0.5, 0.6) is 5.75 Å². The lowest BCUT2D eigenvalue weighted by Gasteiger charge is -2.43. The number of benzene rings is 1. The summed E-state index contributed by atoms with van der Waals surface area (Å²) in [6, 6.07) is 7.38. The predicted molar refractivity (Wildman–Crippen MR) is 101 cm³/mol. The molecule has 0 atom stereocenters. The Kier molecular flexibility index (Phi) is 6.93. The van der Waals surface area contributed by atoms with Crippen LogP contribution >= 0.6 is 12.4 Å². The molecule has 1 aromatic carbocycles. The fourth-order valence-corrected chi connectivity index (χ4v) is 3.82. The molecular formula is C18H28ClN3O3. The van der Waals surface area contributed by atoms with Crippen LogP contribution in [0.3, 0.4) is 0 Å². The molecule has 0 saturated carbocycles. The zero-order chi connectivity index (χ0) is 17.0. The number of nitrogens with one attached hydrogen (secondary N) is 1. The molecule has 0 bridgehead atoms. The average molecular weight is 370 g/mol. The summed E-state index contributed by atoms with van der Waals surface area (Å²) < 4.78 is 5.38. The van der Waals surface area contributed by atoms with Crippen LogP contribution in [-0.2, 0) is 9.53 Å². The predicted octanol–water partition coefficient (Wildman–Crippen LogP) is 1.48. The Bertz CT molecular complexity index is 565.